The largest absolute Gasteiger partial charge is 0.311 e. The fourth-order valence-corrected chi connectivity index (χ4v) is 4.94. The smallest absolute Gasteiger partial charge is 0.0338 e. The van der Waals surface area contributed by atoms with Crippen LogP contribution in [0.1, 0.15) is 50.5 Å². The predicted molar refractivity (Wildman–Crippen MR) is 85.1 cm³/mol. The minimum Gasteiger partial charge on any atom is -0.311 e. The maximum Gasteiger partial charge on any atom is 0.0338 e. The van der Waals surface area contributed by atoms with E-state index < -0.39 is 0 Å². The molecule has 20 heavy (non-hydrogen) atoms. The molecule has 1 spiro atoms. The fraction of sp³-hybridized carbons (Fsp3) is 0.765. The number of piperazine rings is 1. The van der Waals surface area contributed by atoms with Crippen LogP contribution in [0.3, 0.4) is 0 Å². The second-order valence-corrected chi connectivity index (χ2v) is 7.90. The van der Waals surface area contributed by atoms with Gasteiger partial charge in [-0.3, -0.25) is 4.90 Å². The zero-order chi connectivity index (χ0) is 13.4. The monoisotopic (exact) mass is 290 g/mol. The van der Waals surface area contributed by atoms with E-state index in [1.807, 2.05) is 11.3 Å². The van der Waals surface area contributed by atoms with E-state index in [9.17, 15) is 0 Å². The third-order valence-electron chi connectivity index (χ3n) is 5.71. The van der Waals surface area contributed by atoms with Crippen LogP contribution in [0.25, 0.3) is 0 Å². The molecule has 0 radical (unpaired) electrons. The normalized spacial score (nSPS) is 30.7. The minimum atomic E-state index is 0.464. The molecule has 0 aromatic carbocycles. The Kier molecular flexibility index (Phi) is 3.61. The summed E-state index contributed by atoms with van der Waals surface area (Å²) in [5.41, 5.74) is 1.99. The summed E-state index contributed by atoms with van der Waals surface area (Å²) < 4.78 is 0. The number of rotatable bonds is 3. The standard InChI is InChI=1S/C17H26N2S/c1-2-7-17(8-3-1)13-18-16(15-4-5-15)11-19(17)10-14-6-9-20-12-14/h6,9,12,15-16,18H,1-5,7-8,10-11,13H2. The van der Waals surface area contributed by atoms with E-state index in [2.05, 4.69) is 27.0 Å². The highest BCUT2D eigenvalue weighted by atomic mass is 32.1. The van der Waals surface area contributed by atoms with Crippen molar-refractivity contribution in [1.82, 2.24) is 10.2 Å². The first-order valence-corrected chi connectivity index (χ1v) is 9.30. The van der Waals surface area contributed by atoms with Crippen molar-refractivity contribution < 1.29 is 0 Å². The molecule has 2 aliphatic carbocycles. The van der Waals surface area contributed by atoms with Crippen LogP contribution in [0.5, 0.6) is 0 Å². The molecule has 1 atom stereocenters. The van der Waals surface area contributed by atoms with Crippen molar-refractivity contribution in [2.24, 2.45) is 5.92 Å². The summed E-state index contributed by atoms with van der Waals surface area (Å²) in [6.45, 7) is 3.69. The van der Waals surface area contributed by atoms with E-state index >= 15 is 0 Å². The van der Waals surface area contributed by atoms with Gasteiger partial charge in [-0.1, -0.05) is 19.3 Å². The molecule has 2 nitrogen and oxygen atoms in total. The van der Waals surface area contributed by atoms with Gasteiger partial charge in [-0.25, -0.2) is 0 Å². The SMILES string of the molecule is c1cc(CN2CC(C3CC3)NCC23CCCCC3)cs1. The van der Waals surface area contributed by atoms with Crippen molar-refractivity contribution in [3.63, 3.8) is 0 Å². The average molecular weight is 290 g/mol. The van der Waals surface area contributed by atoms with Crippen LogP contribution >= 0.6 is 11.3 Å². The molecular formula is C17H26N2S. The lowest BCUT2D eigenvalue weighted by atomic mass is 9.78. The van der Waals surface area contributed by atoms with E-state index in [1.165, 1.54) is 70.1 Å². The Labute approximate surface area is 126 Å². The molecule has 2 heterocycles. The maximum absolute atomic E-state index is 3.91. The van der Waals surface area contributed by atoms with Gasteiger partial charge in [0.15, 0.2) is 0 Å². The van der Waals surface area contributed by atoms with Crippen molar-refractivity contribution in [2.75, 3.05) is 13.1 Å². The lowest BCUT2D eigenvalue weighted by Gasteiger charge is -2.52. The van der Waals surface area contributed by atoms with E-state index in [0.717, 1.165) is 12.0 Å². The first-order valence-electron chi connectivity index (χ1n) is 8.35. The van der Waals surface area contributed by atoms with Gasteiger partial charge in [-0.15, -0.1) is 0 Å². The molecule has 3 fully saturated rings. The summed E-state index contributed by atoms with van der Waals surface area (Å²) in [5.74, 6) is 0.973. The van der Waals surface area contributed by atoms with Gasteiger partial charge in [0.2, 0.25) is 0 Å². The molecule has 4 rings (SSSR count). The van der Waals surface area contributed by atoms with Crippen LogP contribution < -0.4 is 5.32 Å². The summed E-state index contributed by atoms with van der Waals surface area (Å²) in [6, 6.07) is 3.08. The molecule has 0 bridgehead atoms. The van der Waals surface area contributed by atoms with Gasteiger partial charge >= 0.3 is 0 Å². The van der Waals surface area contributed by atoms with Crippen LogP contribution in [0, 0.1) is 5.92 Å². The Morgan fingerprint density at radius 2 is 2.10 bits per heavy atom. The molecule has 1 aliphatic heterocycles. The molecule has 0 amide bonds. The average Bonchev–Trinajstić information content (AvgIpc) is 3.20. The third kappa shape index (κ3) is 2.56. The molecule has 3 aliphatic rings. The summed E-state index contributed by atoms with van der Waals surface area (Å²) >= 11 is 1.84. The van der Waals surface area contributed by atoms with Crippen molar-refractivity contribution in [1.29, 1.82) is 0 Å². The highest BCUT2D eigenvalue weighted by Crippen LogP contribution is 2.40. The molecule has 2 saturated carbocycles. The second-order valence-electron chi connectivity index (χ2n) is 7.12. The highest BCUT2D eigenvalue weighted by molar-refractivity contribution is 7.07. The topological polar surface area (TPSA) is 15.3 Å². The Hall–Kier alpha value is -0.380. The zero-order valence-corrected chi connectivity index (χ0v) is 13.1. The Bertz CT molecular complexity index is 432. The van der Waals surface area contributed by atoms with Crippen LogP contribution in [-0.2, 0) is 6.54 Å². The van der Waals surface area contributed by atoms with Gasteiger partial charge < -0.3 is 5.32 Å². The van der Waals surface area contributed by atoms with Gasteiger partial charge in [0.05, 0.1) is 0 Å². The van der Waals surface area contributed by atoms with Crippen LogP contribution in [0.4, 0.5) is 0 Å². The molecule has 1 N–H and O–H groups in total. The Morgan fingerprint density at radius 3 is 2.80 bits per heavy atom. The molecule has 1 aromatic rings. The van der Waals surface area contributed by atoms with E-state index in [0.29, 0.717) is 5.54 Å². The molecule has 1 saturated heterocycles. The lowest BCUT2D eigenvalue weighted by molar-refractivity contribution is -0.000197. The summed E-state index contributed by atoms with van der Waals surface area (Å²) in [5, 5.41) is 8.48. The summed E-state index contributed by atoms with van der Waals surface area (Å²) in [4.78, 5) is 2.85. The quantitative estimate of drug-likeness (QED) is 0.914. The van der Waals surface area contributed by atoms with E-state index in [4.69, 9.17) is 0 Å². The van der Waals surface area contributed by atoms with Gasteiger partial charge in [0.25, 0.3) is 0 Å². The summed E-state index contributed by atoms with van der Waals surface area (Å²) in [7, 11) is 0. The molecule has 1 unspecified atom stereocenters. The lowest BCUT2D eigenvalue weighted by Crippen LogP contribution is -2.65. The second kappa shape index (κ2) is 5.43. The van der Waals surface area contributed by atoms with Gasteiger partial charge in [0, 0.05) is 31.2 Å². The zero-order valence-electron chi connectivity index (χ0n) is 12.3. The fourth-order valence-electron chi connectivity index (χ4n) is 4.28. The van der Waals surface area contributed by atoms with Gasteiger partial charge in [0.1, 0.15) is 0 Å². The highest BCUT2D eigenvalue weighted by Gasteiger charge is 2.45. The van der Waals surface area contributed by atoms with Crippen molar-refractivity contribution >= 4 is 11.3 Å². The van der Waals surface area contributed by atoms with Crippen LogP contribution in [-0.4, -0.2) is 29.6 Å². The first kappa shape index (κ1) is 13.3. The molecule has 1 aromatic heterocycles. The van der Waals surface area contributed by atoms with Crippen molar-refractivity contribution in [2.45, 2.75) is 63.1 Å². The van der Waals surface area contributed by atoms with Crippen molar-refractivity contribution in [3.8, 4) is 0 Å². The van der Waals surface area contributed by atoms with Gasteiger partial charge in [-0.05, 0) is 54.0 Å². The Balaban J connectivity index is 1.53. The molecule has 110 valence electrons. The molecule has 3 heteroatoms. The number of nitrogens with one attached hydrogen (secondary N) is 1. The Morgan fingerprint density at radius 1 is 1.25 bits per heavy atom. The molecular weight excluding hydrogens is 264 g/mol. The predicted octanol–water partition coefficient (Wildman–Crippen LogP) is 3.63. The maximum atomic E-state index is 3.91. The van der Waals surface area contributed by atoms with Crippen LogP contribution in [0.15, 0.2) is 16.8 Å². The number of nitrogens with zero attached hydrogens (tertiary/aromatic N) is 1. The number of thiophene rings is 1. The van der Waals surface area contributed by atoms with E-state index in [1.54, 1.807) is 0 Å². The van der Waals surface area contributed by atoms with E-state index in [-0.39, 0.29) is 0 Å². The third-order valence-corrected chi connectivity index (χ3v) is 6.44. The van der Waals surface area contributed by atoms with Crippen molar-refractivity contribution in [3.05, 3.63) is 22.4 Å². The summed E-state index contributed by atoms with van der Waals surface area (Å²) in [6.07, 6.45) is 10.0. The minimum absolute atomic E-state index is 0.464. The number of hydrogen-bond acceptors (Lipinski definition) is 3. The first-order chi connectivity index (χ1) is 9.86. The number of hydrogen-bond donors (Lipinski definition) is 1. The van der Waals surface area contributed by atoms with Crippen LogP contribution in [0.2, 0.25) is 0 Å². The van der Waals surface area contributed by atoms with Gasteiger partial charge in [-0.2, -0.15) is 11.3 Å².